The van der Waals surface area contributed by atoms with E-state index >= 15 is 0 Å². The number of carboxylic acids is 1. The van der Waals surface area contributed by atoms with Gasteiger partial charge in [-0.3, -0.25) is 4.79 Å². The SMILES string of the molecule is O=C(NCc1ccccc1)Nc1ccc(C2CCC(C(=O)O)CC2)cc1. The number of carbonyl (C=O) groups is 2. The summed E-state index contributed by atoms with van der Waals surface area (Å²) in [5.74, 6) is -0.462. The van der Waals surface area contributed by atoms with Crippen molar-refractivity contribution in [1.29, 1.82) is 0 Å². The molecule has 3 rings (SSSR count). The van der Waals surface area contributed by atoms with Gasteiger partial charge in [-0.25, -0.2) is 4.79 Å². The van der Waals surface area contributed by atoms with Gasteiger partial charge in [-0.15, -0.1) is 0 Å². The Hall–Kier alpha value is -2.82. The zero-order chi connectivity index (χ0) is 18.4. The van der Waals surface area contributed by atoms with Crippen LogP contribution in [0.3, 0.4) is 0 Å². The summed E-state index contributed by atoms with van der Waals surface area (Å²) in [4.78, 5) is 23.0. The van der Waals surface area contributed by atoms with E-state index in [0.717, 1.165) is 36.9 Å². The summed E-state index contributed by atoms with van der Waals surface area (Å²) in [7, 11) is 0. The standard InChI is InChI=1S/C21H24N2O3/c24-20(25)18-8-6-16(7-9-18)17-10-12-19(13-11-17)23-21(26)22-14-15-4-2-1-3-5-15/h1-5,10-13,16,18H,6-9,14H2,(H,24,25)(H2,22,23,26). The first-order valence-corrected chi connectivity index (χ1v) is 9.03. The molecule has 0 saturated heterocycles. The smallest absolute Gasteiger partial charge is 0.319 e. The summed E-state index contributed by atoms with van der Waals surface area (Å²) in [6, 6.07) is 17.4. The van der Waals surface area contributed by atoms with E-state index in [2.05, 4.69) is 10.6 Å². The molecule has 5 nitrogen and oxygen atoms in total. The molecule has 0 atom stereocenters. The van der Waals surface area contributed by atoms with Crippen molar-refractivity contribution in [3.63, 3.8) is 0 Å². The summed E-state index contributed by atoms with van der Waals surface area (Å²) < 4.78 is 0. The number of anilines is 1. The van der Waals surface area contributed by atoms with Crippen LogP contribution in [0.1, 0.15) is 42.7 Å². The lowest BCUT2D eigenvalue weighted by atomic mass is 9.79. The number of carboxylic acid groups (broad SMARTS) is 1. The first kappa shape index (κ1) is 18.0. The van der Waals surface area contributed by atoms with Crippen molar-refractivity contribution in [3.05, 3.63) is 65.7 Å². The van der Waals surface area contributed by atoms with Crippen molar-refractivity contribution >= 4 is 17.7 Å². The van der Waals surface area contributed by atoms with Gasteiger partial charge in [0.2, 0.25) is 0 Å². The molecule has 0 bridgehead atoms. The van der Waals surface area contributed by atoms with Crippen molar-refractivity contribution < 1.29 is 14.7 Å². The Kier molecular flexibility index (Phi) is 5.89. The van der Waals surface area contributed by atoms with E-state index in [1.54, 1.807) is 0 Å². The van der Waals surface area contributed by atoms with E-state index in [-0.39, 0.29) is 11.9 Å². The Bertz CT molecular complexity index is 736. The quantitative estimate of drug-likeness (QED) is 0.748. The van der Waals surface area contributed by atoms with E-state index in [9.17, 15) is 9.59 Å². The maximum absolute atomic E-state index is 12.0. The number of urea groups is 1. The number of carbonyl (C=O) groups excluding carboxylic acids is 1. The van der Waals surface area contributed by atoms with Gasteiger partial charge in [0.15, 0.2) is 0 Å². The van der Waals surface area contributed by atoms with Crippen LogP contribution < -0.4 is 10.6 Å². The van der Waals surface area contributed by atoms with Gasteiger partial charge in [0.25, 0.3) is 0 Å². The summed E-state index contributed by atoms with van der Waals surface area (Å²) in [5, 5.41) is 14.8. The highest BCUT2D eigenvalue weighted by atomic mass is 16.4. The minimum atomic E-state index is -0.676. The zero-order valence-electron chi connectivity index (χ0n) is 14.7. The molecule has 0 aromatic heterocycles. The van der Waals surface area contributed by atoms with Crippen LogP contribution in [0.4, 0.5) is 10.5 Å². The summed E-state index contributed by atoms with van der Waals surface area (Å²) in [6.07, 6.45) is 3.28. The van der Waals surface area contributed by atoms with Crippen LogP contribution in [0.5, 0.6) is 0 Å². The molecule has 136 valence electrons. The summed E-state index contributed by atoms with van der Waals surface area (Å²) >= 11 is 0. The van der Waals surface area contributed by atoms with Gasteiger partial charge in [0, 0.05) is 12.2 Å². The van der Waals surface area contributed by atoms with Crippen LogP contribution in [-0.2, 0) is 11.3 Å². The number of amides is 2. The molecule has 3 N–H and O–H groups in total. The molecule has 1 aliphatic carbocycles. The molecule has 0 aliphatic heterocycles. The second kappa shape index (κ2) is 8.52. The van der Waals surface area contributed by atoms with Gasteiger partial charge in [-0.05, 0) is 54.9 Å². The van der Waals surface area contributed by atoms with Crippen molar-refractivity contribution in [3.8, 4) is 0 Å². The third-order valence-electron chi connectivity index (χ3n) is 5.01. The van der Waals surface area contributed by atoms with Gasteiger partial charge in [0.1, 0.15) is 0 Å². The van der Waals surface area contributed by atoms with Crippen molar-refractivity contribution in [2.24, 2.45) is 5.92 Å². The molecule has 2 aromatic carbocycles. The van der Waals surface area contributed by atoms with Gasteiger partial charge in [0.05, 0.1) is 5.92 Å². The highest BCUT2D eigenvalue weighted by molar-refractivity contribution is 5.89. The molecule has 0 unspecified atom stereocenters. The highest BCUT2D eigenvalue weighted by Crippen LogP contribution is 2.36. The summed E-state index contributed by atoms with van der Waals surface area (Å²) in [6.45, 7) is 0.484. The molecule has 2 amide bonds. The lowest BCUT2D eigenvalue weighted by Crippen LogP contribution is -2.28. The third-order valence-corrected chi connectivity index (χ3v) is 5.01. The molecule has 0 radical (unpaired) electrons. The molecule has 0 spiro atoms. The molecular weight excluding hydrogens is 328 g/mol. The maximum Gasteiger partial charge on any atom is 0.319 e. The Morgan fingerprint density at radius 2 is 1.58 bits per heavy atom. The lowest BCUT2D eigenvalue weighted by molar-refractivity contribution is -0.142. The fourth-order valence-electron chi connectivity index (χ4n) is 3.47. The first-order valence-electron chi connectivity index (χ1n) is 9.03. The fraction of sp³-hybridized carbons (Fsp3) is 0.333. The average molecular weight is 352 g/mol. The van der Waals surface area contributed by atoms with Gasteiger partial charge >= 0.3 is 12.0 Å². The number of hydrogen-bond donors (Lipinski definition) is 3. The molecule has 0 heterocycles. The van der Waals surface area contributed by atoms with E-state index < -0.39 is 5.97 Å². The fourth-order valence-corrected chi connectivity index (χ4v) is 3.47. The highest BCUT2D eigenvalue weighted by Gasteiger charge is 2.26. The van der Waals surface area contributed by atoms with Crippen LogP contribution >= 0.6 is 0 Å². The molecule has 5 heteroatoms. The van der Waals surface area contributed by atoms with Crippen LogP contribution in [0.2, 0.25) is 0 Å². The van der Waals surface area contributed by atoms with Crippen molar-refractivity contribution in [2.45, 2.75) is 38.1 Å². The number of benzene rings is 2. The van der Waals surface area contributed by atoms with Crippen LogP contribution in [-0.4, -0.2) is 17.1 Å². The largest absolute Gasteiger partial charge is 0.481 e. The van der Waals surface area contributed by atoms with Gasteiger partial charge in [-0.2, -0.15) is 0 Å². The molecule has 26 heavy (non-hydrogen) atoms. The first-order chi connectivity index (χ1) is 12.6. The molecular formula is C21H24N2O3. The minimum absolute atomic E-state index is 0.194. The maximum atomic E-state index is 12.0. The predicted molar refractivity (Wildman–Crippen MR) is 101 cm³/mol. The van der Waals surface area contributed by atoms with Crippen molar-refractivity contribution in [1.82, 2.24) is 5.32 Å². The van der Waals surface area contributed by atoms with E-state index in [0.29, 0.717) is 12.5 Å². The molecule has 1 fully saturated rings. The number of hydrogen-bond acceptors (Lipinski definition) is 2. The second-order valence-corrected chi connectivity index (χ2v) is 6.80. The zero-order valence-corrected chi connectivity index (χ0v) is 14.7. The van der Waals surface area contributed by atoms with Crippen LogP contribution in [0.25, 0.3) is 0 Å². The molecule has 1 saturated carbocycles. The second-order valence-electron chi connectivity index (χ2n) is 6.80. The average Bonchev–Trinajstić information content (AvgIpc) is 2.68. The number of nitrogens with one attached hydrogen (secondary N) is 2. The topological polar surface area (TPSA) is 78.4 Å². The van der Waals surface area contributed by atoms with Crippen LogP contribution in [0.15, 0.2) is 54.6 Å². The monoisotopic (exact) mass is 352 g/mol. The van der Waals surface area contributed by atoms with Crippen molar-refractivity contribution in [2.75, 3.05) is 5.32 Å². The van der Waals surface area contributed by atoms with E-state index in [1.165, 1.54) is 5.56 Å². The minimum Gasteiger partial charge on any atom is -0.481 e. The van der Waals surface area contributed by atoms with E-state index in [4.69, 9.17) is 5.11 Å². The normalized spacial score (nSPS) is 19.5. The van der Waals surface area contributed by atoms with Gasteiger partial charge in [-0.1, -0.05) is 42.5 Å². The van der Waals surface area contributed by atoms with E-state index in [1.807, 2.05) is 54.6 Å². The number of aliphatic carboxylic acids is 1. The Labute approximate surface area is 153 Å². The Morgan fingerprint density at radius 3 is 2.19 bits per heavy atom. The summed E-state index contributed by atoms with van der Waals surface area (Å²) in [5.41, 5.74) is 3.01. The molecule has 2 aromatic rings. The Balaban J connectivity index is 1.48. The van der Waals surface area contributed by atoms with Crippen LogP contribution in [0, 0.1) is 5.92 Å². The van der Waals surface area contributed by atoms with Gasteiger partial charge < -0.3 is 15.7 Å². The Morgan fingerprint density at radius 1 is 0.923 bits per heavy atom. The molecule has 1 aliphatic rings. The predicted octanol–water partition coefficient (Wildman–Crippen LogP) is 4.37. The third kappa shape index (κ3) is 4.85. The number of rotatable bonds is 5. The lowest BCUT2D eigenvalue weighted by Gasteiger charge is -2.26.